The van der Waals surface area contributed by atoms with Crippen LogP contribution < -0.4 is 5.32 Å². The van der Waals surface area contributed by atoms with Crippen LogP contribution in [-0.4, -0.2) is 11.5 Å². The van der Waals surface area contributed by atoms with Gasteiger partial charge in [0, 0.05) is 28.6 Å². The van der Waals surface area contributed by atoms with E-state index in [1.54, 1.807) is 5.51 Å². The second-order valence-corrected chi connectivity index (χ2v) is 5.64. The Morgan fingerprint density at radius 1 is 1.30 bits per heavy atom. The fourth-order valence-corrected chi connectivity index (χ4v) is 2.76. The summed E-state index contributed by atoms with van der Waals surface area (Å²) in [4.78, 5) is 5.24. The molecule has 0 saturated carbocycles. The zero-order chi connectivity index (χ0) is 14.8. The van der Waals surface area contributed by atoms with Gasteiger partial charge in [-0.15, -0.1) is 11.3 Å². The molecular weight excluding hydrogens is 309 g/mol. The molecule has 0 aliphatic heterocycles. The molecule has 0 amide bonds. The normalized spacial score (nSPS) is 11.7. The molecule has 0 spiro atoms. The number of rotatable bonds is 4. The van der Waals surface area contributed by atoms with Gasteiger partial charge in [-0.05, 0) is 25.1 Å². The lowest BCUT2D eigenvalue weighted by molar-refractivity contribution is -0.137. The lowest BCUT2D eigenvalue weighted by Crippen LogP contribution is -2.08. The second kappa shape index (κ2) is 6.01. The van der Waals surface area contributed by atoms with Gasteiger partial charge < -0.3 is 5.32 Å². The van der Waals surface area contributed by atoms with Gasteiger partial charge in [-0.2, -0.15) is 13.2 Å². The minimum atomic E-state index is -4.39. The smallest absolute Gasteiger partial charge is 0.385 e. The Labute approximate surface area is 123 Å². The number of hydrogen-bond donors (Lipinski definition) is 1. The highest BCUT2D eigenvalue weighted by atomic mass is 35.5. The van der Waals surface area contributed by atoms with Crippen LogP contribution in [0.4, 0.5) is 18.9 Å². The largest absolute Gasteiger partial charge is 0.416 e. The van der Waals surface area contributed by atoms with Crippen LogP contribution in [0.25, 0.3) is 0 Å². The molecule has 2 nitrogen and oxygen atoms in total. The predicted octanol–water partition coefficient (Wildman–Crippen LogP) is 4.78. The molecule has 0 bridgehead atoms. The first-order valence-electron chi connectivity index (χ1n) is 5.87. The quantitative estimate of drug-likeness (QED) is 0.877. The molecular formula is C13H12ClF3N2S. The van der Waals surface area contributed by atoms with Crippen LogP contribution in [0.3, 0.4) is 0 Å². The number of anilines is 1. The highest BCUT2D eigenvalue weighted by Gasteiger charge is 2.31. The molecule has 2 aromatic rings. The third kappa shape index (κ3) is 3.86. The van der Waals surface area contributed by atoms with Crippen LogP contribution in [0.5, 0.6) is 0 Å². The summed E-state index contributed by atoms with van der Waals surface area (Å²) in [7, 11) is 0. The van der Waals surface area contributed by atoms with E-state index in [1.807, 2.05) is 6.92 Å². The molecule has 0 atom stereocenters. The molecule has 0 saturated heterocycles. The van der Waals surface area contributed by atoms with Gasteiger partial charge in [0.25, 0.3) is 0 Å². The fraction of sp³-hybridized carbons (Fsp3) is 0.308. The number of alkyl halides is 3. The van der Waals surface area contributed by atoms with Crippen molar-refractivity contribution in [1.82, 2.24) is 4.98 Å². The number of nitrogens with zero attached hydrogens (tertiary/aromatic N) is 1. The maximum Gasteiger partial charge on any atom is 0.416 e. The Morgan fingerprint density at radius 2 is 2.05 bits per heavy atom. The first kappa shape index (κ1) is 15.1. The third-order valence-electron chi connectivity index (χ3n) is 2.75. The minimum Gasteiger partial charge on any atom is -0.385 e. The van der Waals surface area contributed by atoms with Crippen molar-refractivity contribution < 1.29 is 13.2 Å². The molecule has 1 heterocycles. The summed E-state index contributed by atoms with van der Waals surface area (Å²) in [6.45, 7) is 2.44. The molecule has 0 fully saturated rings. The molecule has 0 radical (unpaired) electrons. The molecule has 1 aromatic carbocycles. The van der Waals surface area contributed by atoms with Crippen molar-refractivity contribution in [2.75, 3.05) is 11.9 Å². The fourth-order valence-electron chi connectivity index (χ4n) is 1.74. The Bertz CT molecular complexity index is 596. The highest BCUT2D eigenvalue weighted by molar-refractivity contribution is 7.09. The molecule has 1 aromatic heterocycles. The lowest BCUT2D eigenvalue weighted by Gasteiger charge is -2.11. The average Bonchev–Trinajstić information content (AvgIpc) is 2.73. The van der Waals surface area contributed by atoms with E-state index in [-0.39, 0.29) is 5.02 Å². The van der Waals surface area contributed by atoms with Crippen LogP contribution in [0.2, 0.25) is 5.02 Å². The van der Waals surface area contributed by atoms with Crippen LogP contribution in [0, 0.1) is 6.92 Å². The van der Waals surface area contributed by atoms with Gasteiger partial charge in [0.15, 0.2) is 0 Å². The summed E-state index contributed by atoms with van der Waals surface area (Å²) in [5.74, 6) is 0. The maximum atomic E-state index is 12.7. The molecule has 108 valence electrons. The molecule has 1 N–H and O–H groups in total. The maximum absolute atomic E-state index is 12.7. The van der Waals surface area contributed by atoms with E-state index in [1.165, 1.54) is 17.4 Å². The van der Waals surface area contributed by atoms with E-state index in [0.29, 0.717) is 18.7 Å². The van der Waals surface area contributed by atoms with Crippen molar-refractivity contribution in [3.63, 3.8) is 0 Å². The Hall–Kier alpha value is -1.27. The van der Waals surface area contributed by atoms with E-state index in [4.69, 9.17) is 11.6 Å². The van der Waals surface area contributed by atoms with Crippen molar-refractivity contribution in [1.29, 1.82) is 0 Å². The van der Waals surface area contributed by atoms with Crippen molar-refractivity contribution in [2.24, 2.45) is 0 Å². The average molecular weight is 321 g/mol. The lowest BCUT2D eigenvalue weighted by atomic mass is 10.2. The van der Waals surface area contributed by atoms with Crippen molar-refractivity contribution in [3.8, 4) is 0 Å². The SMILES string of the molecule is Cc1ncsc1CCNc1cc(Cl)cc(C(F)(F)F)c1. The van der Waals surface area contributed by atoms with E-state index < -0.39 is 11.7 Å². The summed E-state index contributed by atoms with van der Waals surface area (Å²) < 4.78 is 38.0. The Balaban J connectivity index is 2.03. The van der Waals surface area contributed by atoms with Crippen LogP contribution in [0.15, 0.2) is 23.7 Å². The van der Waals surface area contributed by atoms with Crippen molar-refractivity contribution in [2.45, 2.75) is 19.5 Å². The van der Waals surface area contributed by atoms with Gasteiger partial charge in [-0.25, -0.2) is 4.98 Å². The Kier molecular flexibility index (Phi) is 4.55. The number of halogens is 4. The van der Waals surface area contributed by atoms with Gasteiger partial charge >= 0.3 is 6.18 Å². The van der Waals surface area contributed by atoms with Crippen LogP contribution in [-0.2, 0) is 12.6 Å². The summed E-state index contributed by atoms with van der Waals surface area (Å²) in [6.07, 6.45) is -3.68. The van der Waals surface area contributed by atoms with Crippen LogP contribution >= 0.6 is 22.9 Å². The summed E-state index contributed by atoms with van der Waals surface area (Å²) in [5.41, 5.74) is 2.33. The number of thiazole rings is 1. The van der Waals surface area contributed by atoms with Gasteiger partial charge in [0.1, 0.15) is 0 Å². The van der Waals surface area contributed by atoms with Gasteiger partial charge in [-0.3, -0.25) is 0 Å². The monoisotopic (exact) mass is 320 g/mol. The number of benzene rings is 1. The van der Waals surface area contributed by atoms with Gasteiger partial charge in [0.2, 0.25) is 0 Å². The van der Waals surface area contributed by atoms with Gasteiger partial charge in [0.05, 0.1) is 16.8 Å². The first-order chi connectivity index (χ1) is 9.36. The van der Waals surface area contributed by atoms with Crippen LogP contribution in [0.1, 0.15) is 16.1 Å². The molecule has 0 aliphatic rings. The summed E-state index contributed by atoms with van der Waals surface area (Å²) in [5, 5.41) is 3.02. The molecule has 20 heavy (non-hydrogen) atoms. The van der Waals surface area contributed by atoms with Crippen molar-refractivity contribution >= 4 is 28.6 Å². The Morgan fingerprint density at radius 3 is 2.65 bits per heavy atom. The zero-order valence-electron chi connectivity index (χ0n) is 10.6. The number of nitrogens with one attached hydrogen (secondary N) is 1. The molecule has 2 rings (SSSR count). The standard InChI is InChI=1S/C13H12ClF3N2S/c1-8-12(20-7-19-8)2-3-18-11-5-9(13(15,16)17)4-10(14)6-11/h4-7,18H,2-3H2,1H3. The molecule has 0 aliphatic carbocycles. The second-order valence-electron chi connectivity index (χ2n) is 4.26. The molecule has 0 unspecified atom stereocenters. The first-order valence-corrected chi connectivity index (χ1v) is 7.12. The zero-order valence-corrected chi connectivity index (χ0v) is 12.2. The van der Waals surface area contributed by atoms with Crippen molar-refractivity contribution in [3.05, 3.63) is 44.9 Å². The predicted molar refractivity (Wildman–Crippen MR) is 75.5 cm³/mol. The third-order valence-corrected chi connectivity index (χ3v) is 3.96. The van der Waals surface area contributed by atoms with E-state index >= 15 is 0 Å². The molecule has 7 heteroatoms. The van der Waals surface area contributed by atoms with E-state index in [0.717, 1.165) is 22.7 Å². The van der Waals surface area contributed by atoms with E-state index in [9.17, 15) is 13.2 Å². The van der Waals surface area contributed by atoms with Gasteiger partial charge in [-0.1, -0.05) is 11.6 Å². The number of hydrogen-bond acceptors (Lipinski definition) is 3. The number of aromatic nitrogens is 1. The summed E-state index contributed by atoms with van der Waals surface area (Å²) in [6, 6.07) is 3.46. The minimum absolute atomic E-state index is 0.0660. The van der Waals surface area contributed by atoms with E-state index in [2.05, 4.69) is 10.3 Å². The summed E-state index contributed by atoms with van der Waals surface area (Å²) >= 11 is 7.25. The highest BCUT2D eigenvalue weighted by Crippen LogP contribution is 2.33. The topological polar surface area (TPSA) is 24.9 Å². The number of aryl methyl sites for hydroxylation is 1.